The maximum absolute atomic E-state index is 14.1. The third kappa shape index (κ3) is 10.4. The highest BCUT2D eigenvalue weighted by Gasteiger charge is 2.46. The van der Waals surface area contributed by atoms with Gasteiger partial charge in [-0.25, -0.2) is 19.6 Å². The molecule has 4 atom stereocenters. The maximum Gasteiger partial charge on any atom is 0.280 e. The number of anilines is 2. The molecule has 2 N–H and O–H groups in total. The molecule has 0 spiro atoms. The van der Waals surface area contributed by atoms with E-state index in [1.807, 2.05) is 129 Å². The van der Waals surface area contributed by atoms with Crippen molar-refractivity contribution >= 4 is 65.8 Å². The summed E-state index contributed by atoms with van der Waals surface area (Å²) >= 11 is 0. The van der Waals surface area contributed by atoms with E-state index in [9.17, 15) is 10.1 Å². The van der Waals surface area contributed by atoms with Crippen molar-refractivity contribution < 1.29 is 28.0 Å². The van der Waals surface area contributed by atoms with Gasteiger partial charge in [0, 0.05) is 51.2 Å². The molecule has 4 aromatic carbocycles. The van der Waals surface area contributed by atoms with E-state index >= 15 is 0 Å². The highest BCUT2D eigenvalue weighted by atomic mass is 31.2. The molecule has 0 radical (unpaired) electrons. The summed E-state index contributed by atoms with van der Waals surface area (Å²) in [6.07, 6.45) is 1.37. The van der Waals surface area contributed by atoms with Crippen LogP contribution in [0.2, 0.25) is 0 Å². The van der Waals surface area contributed by atoms with Gasteiger partial charge in [-0.15, -0.1) is 0 Å². The Bertz CT molecular complexity index is 3280. The Morgan fingerprint density at radius 2 is 1.55 bits per heavy atom. The standard InChI is InChI=1S/C54H61N12O7P/c1-34(2)66(35(3)4)74(71-30-14-28-55)73-44-31-46(72-45(44)32-70-54(36-15-11-10-12-16-36,37-18-22-39(68-8)23-19-37)38-20-24-40(69-9)25-21-38)65-49-48(50(67)61-51(60-49)57-33-63(5)6)59-53(65)62-52-58-47-41-17-13-29-56-42(41)26-27-43(47)64(52)7/h10-13,15-27,29,33-35,44-46H,14,30-32H2,1-9H3,(H,58,59,62)(H,60,61,67)/b57-33+/t44-,45+,46+,74?/m0/s1. The van der Waals surface area contributed by atoms with Gasteiger partial charge in [-0.1, -0.05) is 54.6 Å². The summed E-state index contributed by atoms with van der Waals surface area (Å²) in [5.41, 5.74) is 3.50. The van der Waals surface area contributed by atoms with E-state index < -0.39 is 38.1 Å². The lowest BCUT2D eigenvalue weighted by atomic mass is 9.80. The van der Waals surface area contributed by atoms with Crippen LogP contribution in [0, 0.1) is 11.3 Å². The van der Waals surface area contributed by atoms with E-state index in [1.54, 1.807) is 36.2 Å². The van der Waals surface area contributed by atoms with Gasteiger partial charge < -0.3 is 37.5 Å². The summed E-state index contributed by atoms with van der Waals surface area (Å²) in [4.78, 5) is 42.5. The van der Waals surface area contributed by atoms with E-state index in [-0.39, 0.29) is 61.2 Å². The first-order chi connectivity index (χ1) is 35.8. The highest BCUT2D eigenvalue weighted by Crippen LogP contribution is 2.51. The average Bonchev–Trinajstić information content (AvgIpc) is 4.08. The molecule has 1 unspecified atom stereocenters. The minimum Gasteiger partial charge on any atom is -0.497 e. The van der Waals surface area contributed by atoms with Gasteiger partial charge in [0.15, 0.2) is 11.2 Å². The number of H-pyrrole nitrogens is 1. The first-order valence-corrected chi connectivity index (χ1v) is 25.6. The Kier molecular flexibility index (Phi) is 15.6. The number of aromatic amines is 1. The van der Waals surface area contributed by atoms with Gasteiger partial charge in [0.2, 0.25) is 17.8 Å². The predicted octanol–water partition coefficient (Wildman–Crippen LogP) is 9.49. The molecular formula is C54H61N12O7P. The molecule has 0 bridgehead atoms. The number of rotatable bonds is 21. The van der Waals surface area contributed by atoms with Crippen LogP contribution in [0.5, 0.6) is 11.5 Å². The fourth-order valence-corrected chi connectivity index (χ4v) is 11.2. The second-order valence-corrected chi connectivity index (χ2v) is 20.0. The lowest BCUT2D eigenvalue weighted by Gasteiger charge is -2.39. The van der Waals surface area contributed by atoms with Crippen LogP contribution in [-0.2, 0) is 31.2 Å². The second kappa shape index (κ2) is 22.4. The Labute approximate surface area is 430 Å². The van der Waals surface area contributed by atoms with E-state index in [0.717, 1.165) is 38.6 Å². The van der Waals surface area contributed by atoms with Gasteiger partial charge in [0.25, 0.3) is 14.1 Å². The quantitative estimate of drug-likeness (QED) is 0.0226. The van der Waals surface area contributed by atoms with Crippen LogP contribution in [0.1, 0.15) is 63.5 Å². The topological polar surface area (TPSA) is 204 Å². The lowest BCUT2D eigenvalue weighted by molar-refractivity contribution is -0.0908. The van der Waals surface area contributed by atoms with Crippen molar-refractivity contribution in [2.75, 3.05) is 46.8 Å². The molecule has 1 saturated heterocycles. The summed E-state index contributed by atoms with van der Waals surface area (Å²) in [5.74, 6) is 2.14. The lowest BCUT2D eigenvalue weighted by Crippen LogP contribution is -2.39. The van der Waals surface area contributed by atoms with E-state index in [2.05, 4.69) is 58.7 Å². The Morgan fingerprint density at radius 3 is 2.19 bits per heavy atom. The van der Waals surface area contributed by atoms with Crippen LogP contribution >= 0.6 is 8.53 Å². The Balaban J connectivity index is 1.20. The van der Waals surface area contributed by atoms with E-state index in [0.29, 0.717) is 17.4 Å². The Morgan fingerprint density at radius 1 is 0.892 bits per heavy atom. The molecule has 8 aromatic rings. The molecule has 384 valence electrons. The summed E-state index contributed by atoms with van der Waals surface area (Å²) in [6.45, 7) is 8.52. The predicted molar refractivity (Wildman–Crippen MR) is 286 cm³/mol. The van der Waals surface area contributed by atoms with Crippen LogP contribution < -0.4 is 20.3 Å². The molecule has 4 aromatic heterocycles. The number of nitrogens with one attached hydrogen (secondary N) is 2. The number of ether oxygens (including phenoxy) is 4. The van der Waals surface area contributed by atoms with Gasteiger partial charge in [-0.05, 0) is 92.9 Å². The summed E-state index contributed by atoms with van der Waals surface area (Å²) in [5, 5.41) is 14.0. The summed E-state index contributed by atoms with van der Waals surface area (Å²) in [6, 6.07) is 35.7. The van der Waals surface area contributed by atoms with Crippen molar-refractivity contribution in [3.05, 3.63) is 136 Å². The Hall–Kier alpha value is -7.30. The maximum atomic E-state index is 14.1. The van der Waals surface area contributed by atoms with Crippen LogP contribution in [-0.4, -0.2) is 116 Å². The molecule has 0 amide bonds. The number of benzene rings is 4. The van der Waals surface area contributed by atoms with Gasteiger partial charge in [-0.2, -0.15) is 10.2 Å². The van der Waals surface area contributed by atoms with E-state index in [4.69, 9.17) is 42.9 Å². The summed E-state index contributed by atoms with van der Waals surface area (Å²) in [7, 11) is 7.05. The number of hydrogen-bond donors (Lipinski definition) is 2. The minimum absolute atomic E-state index is 0.00745. The zero-order valence-electron chi connectivity index (χ0n) is 43.0. The van der Waals surface area contributed by atoms with Gasteiger partial charge >= 0.3 is 0 Å². The number of imidazole rings is 2. The molecule has 1 aliphatic heterocycles. The van der Waals surface area contributed by atoms with E-state index in [1.165, 1.54) is 0 Å². The molecule has 74 heavy (non-hydrogen) atoms. The van der Waals surface area contributed by atoms with Crippen molar-refractivity contribution in [2.45, 2.75) is 76.7 Å². The molecule has 0 aliphatic carbocycles. The van der Waals surface area contributed by atoms with Crippen LogP contribution in [0.4, 0.5) is 17.8 Å². The number of nitriles is 1. The van der Waals surface area contributed by atoms with Gasteiger partial charge in [-0.3, -0.25) is 24.6 Å². The molecule has 9 rings (SSSR count). The van der Waals surface area contributed by atoms with Crippen molar-refractivity contribution in [3.8, 4) is 17.6 Å². The molecule has 1 fully saturated rings. The zero-order chi connectivity index (χ0) is 52.1. The average molecular weight is 1020 g/mol. The number of fused-ring (bicyclic) bond motifs is 4. The molecular weight excluding hydrogens is 960 g/mol. The minimum atomic E-state index is -1.78. The second-order valence-electron chi connectivity index (χ2n) is 18.6. The highest BCUT2D eigenvalue weighted by molar-refractivity contribution is 7.44. The molecule has 19 nitrogen and oxygen atoms in total. The molecule has 5 heterocycles. The van der Waals surface area contributed by atoms with Crippen molar-refractivity contribution in [3.63, 3.8) is 0 Å². The molecule has 0 saturated carbocycles. The number of aryl methyl sites for hydroxylation is 1. The number of aromatic nitrogens is 7. The fraction of sp³-hybridized carbons (Fsp3) is 0.352. The first-order valence-electron chi connectivity index (χ1n) is 24.4. The number of hydrogen-bond acceptors (Lipinski definition) is 15. The molecule has 1 aliphatic rings. The monoisotopic (exact) mass is 1020 g/mol. The van der Waals surface area contributed by atoms with Gasteiger partial charge in [0.1, 0.15) is 34.9 Å². The first kappa shape index (κ1) is 51.6. The number of pyridine rings is 1. The molecule has 20 heteroatoms. The fourth-order valence-electron chi connectivity index (χ4n) is 9.40. The van der Waals surface area contributed by atoms with Gasteiger partial charge in [0.05, 0.1) is 63.4 Å². The van der Waals surface area contributed by atoms with Crippen LogP contribution in [0.3, 0.4) is 0 Å². The normalized spacial score (nSPS) is 16.6. The van der Waals surface area contributed by atoms with Crippen molar-refractivity contribution in [2.24, 2.45) is 12.0 Å². The van der Waals surface area contributed by atoms with Crippen LogP contribution in [0.15, 0.2) is 119 Å². The summed E-state index contributed by atoms with van der Waals surface area (Å²) < 4.78 is 45.7. The van der Waals surface area contributed by atoms with Crippen LogP contribution in [0.25, 0.3) is 33.1 Å². The number of nitrogens with zero attached hydrogens (tertiary/aromatic N) is 10. The number of aliphatic imine (C=N–C) groups is 1. The largest absolute Gasteiger partial charge is 0.497 e. The third-order valence-corrected chi connectivity index (χ3v) is 15.0. The third-order valence-electron chi connectivity index (χ3n) is 12.8. The van der Waals surface area contributed by atoms with Crippen molar-refractivity contribution in [1.82, 2.24) is 43.6 Å². The van der Waals surface area contributed by atoms with Crippen molar-refractivity contribution in [1.29, 1.82) is 5.26 Å². The SMILES string of the molecule is COc1ccc(C(OC[C@H]2O[C@@H](n3c(Nc4nc5c6cccnc6ccc5n4C)nc4c(=O)[nH]c(/N=C/N(C)C)nc43)C[C@@H]2OP(OCCC#N)N(C(C)C)C(C)C)(c2ccccc2)c2ccc(OC)cc2)cc1. The zero-order valence-corrected chi connectivity index (χ0v) is 43.9. The smallest absolute Gasteiger partial charge is 0.280 e. The number of methoxy groups -OCH3 is 2.